The lowest BCUT2D eigenvalue weighted by atomic mass is 9.95. The van der Waals surface area contributed by atoms with Gasteiger partial charge in [-0.15, -0.1) is 0 Å². The minimum atomic E-state index is 0.0612. The molecular weight excluding hydrogens is 354 g/mol. The summed E-state index contributed by atoms with van der Waals surface area (Å²) in [6, 6.07) is 0. The quantitative estimate of drug-likeness (QED) is 0.497. The van der Waals surface area contributed by atoms with Crippen molar-refractivity contribution in [3.63, 3.8) is 0 Å². The highest BCUT2D eigenvalue weighted by Gasteiger charge is 2.25. The van der Waals surface area contributed by atoms with Crippen molar-refractivity contribution in [2.24, 2.45) is 17.8 Å². The van der Waals surface area contributed by atoms with Crippen LogP contribution in [-0.2, 0) is 14.3 Å². The molecule has 162 valence electrons. The first kappa shape index (κ1) is 23.5. The van der Waals surface area contributed by atoms with Gasteiger partial charge in [-0.25, -0.2) is 0 Å². The maximum atomic E-state index is 11.9. The van der Waals surface area contributed by atoms with Gasteiger partial charge < -0.3 is 9.64 Å². The monoisotopic (exact) mass is 395 g/mol. The number of piperazine rings is 1. The number of hydrogen-bond donors (Lipinski definition) is 0. The van der Waals surface area contributed by atoms with Gasteiger partial charge in [0.2, 0.25) is 0 Å². The first-order valence-electron chi connectivity index (χ1n) is 11.2. The lowest BCUT2D eigenvalue weighted by Gasteiger charge is -2.38. The first-order valence-corrected chi connectivity index (χ1v) is 11.2. The molecular formula is C22H41N3O3. The molecule has 0 unspecified atom stereocenters. The van der Waals surface area contributed by atoms with Crippen molar-refractivity contribution >= 4 is 11.6 Å². The predicted molar refractivity (Wildman–Crippen MR) is 113 cm³/mol. The van der Waals surface area contributed by atoms with Gasteiger partial charge in [0.25, 0.3) is 0 Å². The number of hydrogen-bond acceptors (Lipinski definition) is 6. The molecule has 0 spiro atoms. The highest BCUT2D eigenvalue weighted by atomic mass is 16.5. The van der Waals surface area contributed by atoms with E-state index in [2.05, 4.69) is 14.7 Å². The normalized spacial score (nSPS) is 20.9. The van der Waals surface area contributed by atoms with Crippen LogP contribution >= 0.6 is 0 Å². The third kappa shape index (κ3) is 8.27. The first-order chi connectivity index (χ1) is 13.3. The summed E-state index contributed by atoms with van der Waals surface area (Å²) in [4.78, 5) is 30.9. The van der Waals surface area contributed by atoms with Crippen molar-refractivity contribution in [3.05, 3.63) is 0 Å². The molecule has 2 fully saturated rings. The summed E-state index contributed by atoms with van der Waals surface area (Å²) in [5.41, 5.74) is 0. The average Bonchev–Trinajstić information content (AvgIpc) is 2.67. The summed E-state index contributed by atoms with van der Waals surface area (Å²) in [5, 5.41) is 0. The third-order valence-corrected chi connectivity index (χ3v) is 6.15. The van der Waals surface area contributed by atoms with Gasteiger partial charge in [-0.05, 0) is 31.8 Å². The Balaban J connectivity index is 1.54. The van der Waals surface area contributed by atoms with Crippen LogP contribution < -0.4 is 0 Å². The fourth-order valence-electron chi connectivity index (χ4n) is 3.82. The Hall–Kier alpha value is -0.820. The van der Waals surface area contributed by atoms with E-state index in [1.54, 1.807) is 0 Å². The van der Waals surface area contributed by atoms with E-state index in [9.17, 15) is 9.59 Å². The van der Waals surface area contributed by atoms with Gasteiger partial charge >= 0.3 is 0 Å². The Bertz CT molecular complexity index is 479. The molecule has 0 aromatic rings. The van der Waals surface area contributed by atoms with Crippen LogP contribution in [0.1, 0.15) is 40.5 Å². The number of nitrogens with zero attached hydrogens (tertiary/aromatic N) is 3. The van der Waals surface area contributed by atoms with Gasteiger partial charge in [0.05, 0.1) is 13.2 Å². The van der Waals surface area contributed by atoms with Gasteiger partial charge in [-0.3, -0.25) is 19.4 Å². The van der Waals surface area contributed by atoms with Crippen molar-refractivity contribution in [3.8, 4) is 0 Å². The summed E-state index contributed by atoms with van der Waals surface area (Å²) in [6.45, 7) is 18.0. The summed E-state index contributed by atoms with van der Waals surface area (Å²) in [7, 11) is 0. The van der Waals surface area contributed by atoms with Gasteiger partial charge in [0.15, 0.2) is 5.78 Å². The molecule has 2 aliphatic rings. The molecule has 2 rings (SSSR count). The van der Waals surface area contributed by atoms with E-state index in [0.717, 1.165) is 51.7 Å². The molecule has 0 atom stereocenters. The summed E-state index contributed by atoms with van der Waals surface area (Å²) in [5.74, 6) is 1.53. The van der Waals surface area contributed by atoms with Crippen LogP contribution in [0, 0.1) is 17.8 Å². The number of likely N-dealkylation sites (tertiary alicyclic amines) is 1. The smallest absolute Gasteiger partial charge is 0.160 e. The standard InChI is InChI=1S/C22H41N3O3/c1-18(2)21(26)16-24-7-5-20(6-8-24)15-25-11-9-23(10-12-25)13-14-28-17-22(27)19(3)4/h18-20H,5-17H2,1-4H3. The van der Waals surface area contributed by atoms with Gasteiger partial charge in [0, 0.05) is 51.1 Å². The highest BCUT2D eigenvalue weighted by Crippen LogP contribution is 2.19. The second-order valence-corrected chi connectivity index (χ2v) is 9.16. The lowest BCUT2D eigenvalue weighted by Crippen LogP contribution is -2.49. The highest BCUT2D eigenvalue weighted by molar-refractivity contribution is 5.82. The SMILES string of the molecule is CC(C)C(=O)COCCN1CCN(CC2CCN(CC(=O)C(C)C)CC2)CC1. The van der Waals surface area contributed by atoms with E-state index in [-0.39, 0.29) is 24.2 Å². The predicted octanol–water partition coefficient (Wildman–Crippen LogP) is 1.78. The van der Waals surface area contributed by atoms with Crippen molar-refractivity contribution in [2.45, 2.75) is 40.5 Å². The van der Waals surface area contributed by atoms with Crippen molar-refractivity contribution in [1.29, 1.82) is 0 Å². The van der Waals surface area contributed by atoms with Crippen molar-refractivity contribution in [2.75, 3.05) is 72.1 Å². The zero-order valence-electron chi connectivity index (χ0n) is 18.5. The number of carbonyl (C=O) groups excluding carboxylic acids is 2. The van der Waals surface area contributed by atoms with Crippen LogP contribution in [-0.4, -0.2) is 98.4 Å². The molecule has 2 saturated heterocycles. The van der Waals surface area contributed by atoms with Crippen molar-refractivity contribution in [1.82, 2.24) is 14.7 Å². The Morgan fingerprint density at radius 1 is 0.821 bits per heavy atom. The van der Waals surface area contributed by atoms with Gasteiger partial charge in [0.1, 0.15) is 12.4 Å². The Morgan fingerprint density at radius 3 is 1.96 bits per heavy atom. The van der Waals surface area contributed by atoms with E-state index < -0.39 is 0 Å². The fourth-order valence-corrected chi connectivity index (χ4v) is 3.82. The van der Waals surface area contributed by atoms with Crippen LogP contribution in [0.15, 0.2) is 0 Å². The number of ketones is 2. The lowest BCUT2D eigenvalue weighted by molar-refractivity contribution is -0.126. The van der Waals surface area contributed by atoms with Crippen LogP contribution in [0.3, 0.4) is 0 Å². The molecule has 2 aliphatic heterocycles. The number of piperidine rings is 1. The fraction of sp³-hybridized carbons (Fsp3) is 0.909. The molecule has 6 heteroatoms. The Labute approximate surface area is 171 Å². The molecule has 0 aliphatic carbocycles. The summed E-state index contributed by atoms with van der Waals surface area (Å²) in [6.07, 6.45) is 2.42. The average molecular weight is 396 g/mol. The van der Waals surface area contributed by atoms with Crippen LogP contribution in [0.2, 0.25) is 0 Å². The summed E-state index contributed by atoms with van der Waals surface area (Å²) >= 11 is 0. The number of carbonyl (C=O) groups is 2. The molecule has 0 aromatic carbocycles. The second kappa shape index (κ2) is 12.0. The van der Waals surface area contributed by atoms with Crippen LogP contribution in [0.4, 0.5) is 0 Å². The zero-order chi connectivity index (χ0) is 20.5. The molecule has 28 heavy (non-hydrogen) atoms. The minimum Gasteiger partial charge on any atom is -0.372 e. The van der Waals surface area contributed by atoms with E-state index >= 15 is 0 Å². The number of Topliss-reactive ketones (excluding diaryl/α,β-unsaturated/α-hetero) is 2. The van der Waals surface area contributed by atoms with E-state index in [1.807, 2.05) is 27.7 Å². The molecule has 2 heterocycles. The minimum absolute atomic E-state index is 0.0612. The van der Waals surface area contributed by atoms with E-state index in [0.29, 0.717) is 18.9 Å². The maximum Gasteiger partial charge on any atom is 0.160 e. The molecule has 0 saturated carbocycles. The molecule has 0 bridgehead atoms. The van der Waals surface area contributed by atoms with Crippen LogP contribution in [0.25, 0.3) is 0 Å². The largest absolute Gasteiger partial charge is 0.372 e. The molecule has 0 aromatic heterocycles. The van der Waals surface area contributed by atoms with Crippen molar-refractivity contribution < 1.29 is 14.3 Å². The number of rotatable bonds is 11. The molecule has 0 radical (unpaired) electrons. The van der Waals surface area contributed by atoms with E-state index in [4.69, 9.17) is 4.74 Å². The Morgan fingerprint density at radius 2 is 1.39 bits per heavy atom. The topological polar surface area (TPSA) is 53.1 Å². The van der Waals surface area contributed by atoms with Gasteiger partial charge in [-0.1, -0.05) is 27.7 Å². The van der Waals surface area contributed by atoms with E-state index in [1.165, 1.54) is 19.4 Å². The molecule has 6 nitrogen and oxygen atoms in total. The maximum absolute atomic E-state index is 11.9. The number of ether oxygens (including phenoxy) is 1. The third-order valence-electron chi connectivity index (χ3n) is 6.15. The van der Waals surface area contributed by atoms with Crippen LogP contribution in [0.5, 0.6) is 0 Å². The van der Waals surface area contributed by atoms with Gasteiger partial charge in [-0.2, -0.15) is 0 Å². The zero-order valence-corrected chi connectivity index (χ0v) is 18.5. The Kier molecular flexibility index (Phi) is 10.1. The second-order valence-electron chi connectivity index (χ2n) is 9.16. The summed E-state index contributed by atoms with van der Waals surface area (Å²) < 4.78 is 5.53. The molecule has 0 amide bonds. The molecule has 0 N–H and O–H groups in total.